The third kappa shape index (κ3) is 6.89. The summed E-state index contributed by atoms with van der Waals surface area (Å²) >= 11 is 0. The molecule has 0 amide bonds. The molecule has 0 N–H and O–H groups in total. The van der Waals surface area contributed by atoms with E-state index in [9.17, 15) is 16.8 Å². The molecule has 0 saturated carbocycles. The summed E-state index contributed by atoms with van der Waals surface area (Å²) in [6, 6.07) is 18.6. The van der Waals surface area contributed by atoms with Gasteiger partial charge in [0.05, 0.1) is 44.1 Å². The summed E-state index contributed by atoms with van der Waals surface area (Å²) in [5.74, 6) is 0.229. The zero-order valence-corrected chi connectivity index (χ0v) is 26.3. The van der Waals surface area contributed by atoms with Crippen LogP contribution >= 0.6 is 0 Å². The lowest BCUT2D eigenvalue weighted by Crippen LogP contribution is -2.17. The summed E-state index contributed by atoms with van der Waals surface area (Å²) in [6.45, 7) is 1.45. The highest BCUT2D eigenvalue weighted by atomic mass is 32.2. The van der Waals surface area contributed by atoms with E-state index < -0.39 is 19.7 Å². The van der Waals surface area contributed by atoms with Gasteiger partial charge in [-0.1, -0.05) is 36.4 Å². The van der Waals surface area contributed by atoms with Crippen molar-refractivity contribution in [1.29, 1.82) is 0 Å². The van der Waals surface area contributed by atoms with Crippen molar-refractivity contribution < 1.29 is 16.8 Å². The molecule has 42 heavy (non-hydrogen) atoms. The van der Waals surface area contributed by atoms with Crippen molar-refractivity contribution in [3.8, 4) is 0 Å². The predicted molar refractivity (Wildman–Crippen MR) is 170 cm³/mol. The summed E-state index contributed by atoms with van der Waals surface area (Å²) < 4.78 is 51.3. The molecule has 0 aliphatic carbocycles. The third-order valence-electron chi connectivity index (χ3n) is 7.65. The van der Waals surface area contributed by atoms with Crippen LogP contribution < -0.4 is 0 Å². The first kappa shape index (κ1) is 30.3. The lowest BCUT2D eigenvalue weighted by atomic mass is 10.00. The Hall–Kier alpha value is -3.18. The topological polar surface area (TPSA) is 99.5 Å². The maximum absolute atomic E-state index is 12.8. The van der Waals surface area contributed by atoms with Crippen LogP contribution in [0.15, 0.2) is 80.4 Å². The Morgan fingerprint density at radius 2 is 0.976 bits per heavy atom. The highest BCUT2D eigenvalue weighted by molar-refractivity contribution is 7.91. The van der Waals surface area contributed by atoms with Crippen LogP contribution in [0.4, 0.5) is 11.4 Å². The summed E-state index contributed by atoms with van der Waals surface area (Å²) in [4.78, 5) is 14.2. The van der Waals surface area contributed by atoms with Gasteiger partial charge in [-0.25, -0.2) is 16.8 Å². The van der Waals surface area contributed by atoms with Gasteiger partial charge in [-0.3, -0.25) is 9.98 Å². The van der Waals surface area contributed by atoms with Crippen molar-refractivity contribution in [3.63, 3.8) is 0 Å². The normalized spacial score (nSPS) is 14.7. The van der Waals surface area contributed by atoms with Crippen LogP contribution in [-0.4, -0.2) is 90.8 Å². The van der Waals surface area contributed by atoms with Crippen LogP contribution in [0.25, 0.3) is 0 Å². The maximum atomic E-state index is 12.8. The summed E-state index contributed by atoms with van der Waals surface area (Å²) in [6.07, 6.45) is 2.46. The van der Waals surface area contributed by atoms with E-state index in [1.165, 1.54) is 0 Å². The van der Waals surface area contributed by atoms with Crippen LogP contribution in [0.1, 0.15) is 35.1 Å². The number of hydrogen-bond acceptors (Lipinski definition) is 8. The Bertz CT molecular complexity index is 1630. The average Bonchev–Trinajstić information content (AvgIpc) is 3.56. The molecular formula is C32H38N4O4S2. The van der Waals surface area contributed by atoms with Gasteiger partial charge in [-0.05, 0) is 101 Å². The van der Waals surface area contributed by atoms with Gasteiger partial charge in [-0.2, -0.15) is 0 Å². The Morgan fingerprint density at radius 1 is 0.595 bits per heavy atom. The minimum Gasteiger partial charge on any atom is -0.309 e. The van der Waals surface area contributed by atoms with Gasteiger partial charge in [0.2, 0.25) is 0 Å². The van der Waals surface area contributed by atoms with E-state index in [1.807, 2.05) is 74.4 Å². The van der Waals surface area contributed by atoms with Crippen LogP contribution in [0.3, 0.4) is 0 Å². The molecule has 10 heteroatoms. The molecular weight excluding hydrogens is 569 g/mol. The lowest BCUT2D eigenvalue weighted by molar-refractivity contribution is 0.408. The largest absolute Gasteiger partial charge is 0.309 e. The molecule has 5 rings (SSSR count). The molecule has 2 heterocycles. The zero-order chi connectivity index (χ0) is 30.1. The fourth-order valence-corrected chi connectivity index (χ4v) is 7.90. The van der Waals surface area contributed by atoms with E-state index in [0.29, 0.717) is 46.8 Å². The van der Waals surface area contributed by atoms with Gasteiger partial charge in [0.25, 0.3) is 0 Å². The SMILES string of the molecule is CN(C)CCCS(=O)(=O)c1ccc2c(c1)N=C(c1ccc(C3=Nc4cc(S(=O)(=O)CCCN(C)C)ccc4C3)cc1)C2. The lowest BCUT2D eigenvalue weighted by Gasteiger charge is -2.10. The van der Waals surface area contributed by atoms with E-state index in [-0.39, 0.29) is 11.5 Å². The molecule has 8 nitrogen and oxygen atoms in total. The molecule has 0 atom stereocenters. The Balaban J connectivity index is 1.28. The summed E-state index contributed by atoms with van der Waals surface area (Å²) in [5, 5.41) is 0. The minimum absolute atomic E-state index is 0.115. The molecule has 2 aliphatic heterocycles. The Morgan fingerprint density at radius 3 is 1.33 bits per heavy atom. The first-order chi connectivity index (χ1) is 19.9. The van der Waals surface area contributed by atoms with Crippen LogP contribution in [0.2, 0.25) is 0 Å². The van der Waals surface area contributed by atoms with Crippen molar-refractivity contribution >= 4 is 42.5 Å². The van der Waals surface area contributed by atoms with E-state index in [0.717, 1.165) is 46.8 Å². The third-order valence-corrected chi connectivity index (χ3v) is 11.2. The van der Waals surface area contributed by atoms with Gasteiger partial charge in [-0.15, -0.1) is 0 Å². The number of sulfone groups is 2. The highest BCUT2D eigenvalue weighted by Gasteiger charge is 2.23. The van der Waals surface area contributed by atoms with E-state index in [2.05, 4.69) is 0 Å². The maximum Gasteiger partial charge on any atom is 0.178 e. The Labute approximate surface area is 249 Å². The fraction of sp³-hybridized carbons (Fsp3) is 0.375. The van der Waals surface area contributed by atoms with Crippen LogP contribution in [0, 0.1) is 0 Å². The van der Waals surface area contributed by atoms with Crippen LogP contribution in [0.5, 0.6) is 0 Å². The predicted octanol–water partition coefficient (Wildman–Crippen LogP) is 4.49. The smallest absolute Gasteiger partial charge is 0.178 e. The summed E-state index contributed by atoms with van der Waals surface area (Å²) in [5.41, 5.74) is 7.23. The van der Waals surface area contributed by atoms with Crippen molar-refractivity contribution in [2.45, 2.75) is 35.5 Å². The molecule has 0 spiro atoms. The van der Waals surface area contributed by atoms with E-state index in [1.54, 1.807) is 24.3 Å². The second-order valence-electron chi connectivity index (χ2n) is 11.6. The zero-order valence-electron chi connectivity index (χ0n) is 24.7. The molecule has 0 fully saturated rings. The highest BCUT2D eigenvalue weighted by Crippen LogP contribution is 2.34. The number of nitrogens with zero attached hydrogens (tertiary/aromatic N) is 4. The van der Waals surface area contributed by atoms with E-state index >= 15 is 0 Å². The molecule has 0 saturated heterocycles. The van der Waals surface area contributed by atoms with Gasteiger partial charge in [0.1, 0.15) is 0 Å². The quantitative estimate of drug-likeness (QED) is 0.301. The molecule has 0 unspecified atom stereocenters. The van der Waals surface area contributed by atoms with Gasteiger partial charge >= 0.3 is 0 Å². The molecule has 2 aliphatic rings. The van der Waals surface area contributed by atoms with Crippen molar-refractivity contribution in [3.05, 3.63) is 82.9 Å². The van der Waals surface area contributed by atoms with Crippen molar-refractivity contribution in [2.24, 2.45) is 9.98 Å². The number of aliphatic imine (C=N–C) groups is 2. The van der Waals surface area contributed by atoms with Crippen molar-refractivity contribution in [1.82, 2.24) is 9.80 Å². The standard InChI is InChI=1S/C32H38N4O4S2/c1-35(2)15-5-17-41(37,38)27-13-11-25-19-29(33-31(25)21-27)23-7-9-24(10-8-23)30-20-26-12-14-28(22-32(26)34-30)42(39,40)18-6-16-36(3)4/h7-14,21-22H,5-6,15-20H2,1-4H3. The molecule has 222 valence electrons. The molecule has 3 aromatic rings. The number of hydrogen-bond donors (Lipinski definition) is 0. The second kappa shape index (κ2) is 12.2. The first-order valence-corrected chi connectivity index (χ1v) is 17.5. The van der Waals surface area contributed by atoms with E-state index in [4.69, 9.17) is 9.98 Å². The van der Waals surface area contributed by atoms with Gasteiger partial charge in [0, 0.05) is 12.8 Å². The number of rotatable bonds is 12. The number of benzene rings is 3. The molecule has 0 radical (unpaired) electrons. The molecule has 3 aromatic carbocycles. The molecule has 0 bridgehead atoms. The second-order valence-corrected chi connectivity index (χ2v) is 15.8. The minimum atomic E-state index is -3.36. The fourth-order valence-electron chi connectivity index (χ4n) is 5.28. The van der Waals surface area contributed by atoms with Gasteiger partial charge < -0.3 is 9.80 Å². The monoisotopic (exact) mass is 606 g/mol. The van der Waals surface area contributed by atoms with Gasteiger partial charge in [0.15, 0.2) is 19.7 Å². The summed E-state index contributed by atoms with van der Waals surface area (Å²) in [7, 11) is 1.02. The van der Waals surface area contributed by atoms with Crippen molar-refractivity contribution in [2.75, 3.05) is 52.8 Å². The average molecular weight is 607 g/mol. The van der Waals surface area contributed by atoms with Crippen LogP contribution in [-0.2, 0) is 32.5 Å². The number of fused-ring (bicyclic) bond motifs is 2. The molecule has 0 aromatic heterocycles. The Kier molecular flexibility index (Phi) is 8.80. The first-order valence-electron chi connectivity index (χ1n) is 14.2.